The second-order valence-electron chi connectivity index (χ2n) is 13.8. The average molecular weight is 788 g/mol. The van der Waals surface area contributed by atoms with Crippen LogP contribution in [0.5, 0.6) is 5.88 Å². The van der Waals surface area contributed by atoms with Crippen LogP contribution in [0.4, 0.5) is 18.9 Å². The molecule has 0 atom stereocenters. The van der Waals surface area contributed by atoms with Crippen LogP contribution in [0.2, 0.25) is 10.0 Å². The van der Waals surface area contributed by atoms with Gasteiger partial charge in [-0.15, -0.1) is 0 Å². The van der Waals surface area contributed by atoms with Gasteiger partial charge in [-0.2, -0.15) is 13.2 Å². The number of hydrogen-bond acceptors (Lipinski definition) is 8. The van der Waals surface area contributed by atoms with E-state index in [1.165, 1.54) is 60.5 Å². The molecule has 1 N–H and O–H groups in total. The van der Waals surface area contributed by atoms with Gasteiger partial charge in [0, 0.05) is 36.7 Å². The van der Waals surface area contributed by atoms with E-state index in [-0.39, 0.29) is 46.5 Å². The van der Waals surface area contributed by atoms with E-state index in [9.17, 15) is 26.4 Å². The topological polar surface area (TPSA) is 115 Å². The lowest BCUT2D eigenvalue weighted by Crippen LogP contribution is -2.30. The van der Waals surface area contributed by atoms with Crippen molar-refractivity contribution in [3.8, 4) is 17.1 Å². The van der Waals surface area contributed by atoms with Gasteiger partial charge in [0.1, 0.15) is 18.1 Å². The molecule has 6 rings (SSSR count). The molecule has 1 amide bonds. The fourth-order valence-electron chi connectivity index (χ4n) is 5.72. The molecule has 0 radical (unpaired) electrons. The Bertz CT molecular complexity index is 2230. The summed E-state index contributed by atoms with van der Waals surface area (Å²) >= 11 is 12.9. The van der Waals surface area contributed by atoms with E-state index in [0.717, 1.165) is 18.4 Å². The lowest BCUT2D eigenvalue weighted by atomic mass is 9.87. The summed E-state index contributed by atoms with van der Waals surface area (Å²) in [5.74, 6) is -0.427. The number of rotatable bonds is 11. The first-order chi connectivity index (χ1) is 24.9. The molecule has 1 fully saturated rings. The number of nitrogens with zero attached hydrogens (tertiary/aromatic N) is 3. The number of halogens is 5. The van der Waals surface area contributed by atoms with Crippen LogP contribution in [0, 0.1) is 0 Å². The lowest BCUT2D eigenvalue weighted by Gasteiger charge is -2.23. The van der Waals surface area contributed by atoms with Gasteiger partial charge in [-0.05, 0) is 71.8 Å². The minimum Gasteiger partial charge on any atom is -0.473 e. The number of sulfonamides is 1. The molecular weight excluding hydrogens is 752 g/mol. The molecule has 0 spiro atoms. The van der Waals surface area contributed by atoms with E-state index in [0.29, 0.717) is 38.2 Å². The third kappa shape index (κ3) is 8.63. The quantitative estimate of drug-likeness (QED) is 0.141. The van der Waals surface area contributed by atoms with Gasteiger partial charge < -0.3 is 14.2 Å². The van der Waals surface area contributed by atoms with E-state index in [4.69, 9.17) is 32.5 Å². The summed E-state index contributed by atoms with van der Waals surface area (Å²) in [6.07, 6.45) is -3.07. The molecule has 0 bridgehead atoms. The average Bonchev–Trinajstić information content (AvgIpc) is 3.86. The van der Waals surface area contributed by atoms with E-state index in [1.807, 2.05) is 20.8 Å². The number of amides is 1. The summed E-state index contributed by atoms with van der Waals surface area (Å²) < 4.78 is 82.4. The molecule has 0 saturated heterocycles. The highest BCUT2D eigenvalue weighted by molar-refractivity contribution is 7.90. The van der Waals surface area contributed by atoms with E-state index < -0.39 is 27.8 Å². The van der Waals surface area contributed by atoms with Crippen LogP contribution >= 0.6 is 23.2 Å². The third-order valence-corrected chi connectivity index (χ3v) is 10.7. The maximum atomic E-state index is 14.4. The number of anilines is 1. The third-order valence-electron chi connectivity index (χ3n) is 8.75. The van der Waals surface area contributed by atoms with Crippen LogP contribution in [0.25, 0.3) is 11.3 Å². The highest BCUT2D eigenvalue weighted by Gasteiger charge is 2.38. The van der Waals surface area contributed by atoms with Crippen molar-refractivity contribution in [1.29, 1.82) is 0 Å². The predicted octanol–water partition coefficient (Wildman–Crippen LogP) is 9.57. The zero-order valence-corrected chi connectivity index (χ0v) is 31.4. The first-order valence-electron chi connectivity index (χ1n) is 16.5. The van der Waals surface area contributed by atoms with Crippen LogP contribution in [-0.4, -0.2) is 31.5 Å². The molecule has 0 unspecified atom stereocenters. The highest BCUT2D eigenvalue weighted by Crippen LogP contribution is 2.46. The molecule has 3 aromatic carbocycles. The van der Waals surface area contributed by atoms with E-state index in [2.05, 4.69) is 14.9 Å². The van der Waals surface area contributed by atoms with Crippen molar-refractivity contribution in [3.63, 3.8) is 0 Å². The Balaban J connectivity index is 1.15. The van der Waals surface area contributed by atoms with Crippen LogP contribution in [0.3, 0.4) is 0 Å². The Morgan fingerprint density at radius 1 is 0.962 bits per heavy atom. The fraction of sp³-hybridized carbons (Fsp3) is 0.289. The summed E-state index contributed by atoms with van der Waals surface area (Å²) in [7, 11) is -2.67. The molecule has 15 heteroatoms. The number of pyridine rings is 1. The second-order valence-corrected chi connectivity index (χ2v) is 16.3. The Morgan fingerprint density at radius 2 is 1.60 bits per heavy atom. The van der Waals surface area contributed by atoms with E-state index in [1.54, 1.807) is 30.3 Å². The smallest absolute Gasteiger partial charge is 0.435 e. The lowest BCUT2D eigenvalue weighted by molar-refractivity contribution is -0.140. The van der Waals surface area contributed by atoms with Crippen molar-refractivity contribution >= 4 is 44.8 Å². The number of carbonyl (C=O) groups excluding carboxylic acids is 1. The summed E-state index contributed by atoms with van der Waals surface area (Å²) in [6, 6.07) is 19.8. The Hall–Kier alpha value is -4.59. The maximum Gasteiger partial charge on any atom is 0.435 e. The standard InChI is InChI=1S/C38H35Cl2F3N4O5S/c1-37(2,3)25-14-16-26(17-15-25)53(49,50)46-36(48)24-10-8-22(9-11-24)20-47(4)30-18-19-31(44-35(30)38(41,42)43)51-21-27-33(45-52-34(27)23-12-13-23)32-28(39)6-5-7-29(32)40/h5-11,14-19,23H,12-13,20-21H2,1-4H3,(H,46,48). The van der Waals surface area contributed by atoms with Crippen LogP contribution in [0.1, 0.15) is 78.0 Å². The molecule has 9 nitrogen and oxygen atoms in total. The van der Waals surface area contributed by atoms with Gasteiger partial charge in [-0.25, -0.2) is 18.1 Å². The molecule has 0 aliphatic heterocycles. The molecule has 53 heavy (non-hydrogen) atoms. The largest absolute Gasteiger partial charge is 0.473 e. The second kappa shape index (κ2) is 14.7. The molecule has 2 heterocycles. The van der Waals surface area contributed by atoms with Crippen molar-refractivity contribution < 1.29 is 35.6 Å². The van der Waals surface area contributed by atoms with Gasteiger partial charge >= 0.3 is 6.18 Å². The number of aromatic nitrogens is 2. The van der Waals surface area contributed by atoms with Crippen LogP contribution in [0.15, 0.2) is 88.3 Å². The Kier molecular flexibility index (Phi) is 10.6. The molecule has 1 aliphatic rings. The van der Waals surface area contributed by atoms with Crippen molar-refractivity contribution in [2.75, 3.05) is 11.9 Å². The zero-order valence-electron chi connectivity index (χ0n) is 29.1. The van der Waals surface area contributed by atoms with Crippen molar-refractivity contribution in [2.24, 2.45) is 0 Å². The van der Waals surface area contributed by atoms with Gasteiger partial charge in [-0.1, -0.05) is 79.5 Å². The zero-order chi connectivity index (χ0) is 38.3. The fourth-order valence-corrected chi connectivity index (χ4v) is 7.27. The molecule has 2 aromatic heterocycles. The minimum atomic E-state index is -4.82. The minimum absolute atomic E-state index is 0.0126. The highest BCUT2D eigenvalue weighted by atomic mass is 35.5. The number of ether oxygens (including phenoxy) is 1. The van der Waals surface area contributed by atoms with Gasteiger partial charge in [0.05, 0.1) is 26.2 Å². The first kappa shape index (κ1) is 38.1. The monoisotopic (exact) mass is 786 g/mol. The normalized spacial score (nSPS) is 13.5. The summed E-state index contributed by atoms with van der Waals surface area (Å²) in [5.41, 5.74) is 1.33. The van der Waals surface area contributed by atoms with Gasteiger partial charge in [0.15, 0.2) is 5.69 Å². The number of carbonyl (C=O) groups is 1. The number of alkyl halides is 3. The maximum absolute atomic E-state index is 14.4. The van der Waals surface area contributed by atoms with E-state index >= 15 is 0 Å². The molecular formula is C38H35Cl2F3N4O5S. The first-order valence-corrected chi connectivity index (χ1v) is 18.8. The summed E-state index contributed by atoms with van der Waals surface area (Å²) in [6.45, 7) is 5.83. The van der Waals surface area contributed by atoms with Gasteiger partial charge in [-0.3, -0.25) is 4.79 Å². The van der Waals surface area contributed by atoms with Crippen molar-refractivity contribution in [3.05, 3.63) is 123 Å². The van der Waals surface area contributed by atoms with Crippen molar-refractivity contribution in [1.82, 2.24) is 14.9 Å². The SMILES string of the molecule is CN(Cc1ccc(C(=O)NS(=O)(=O)c2ccc(C(C)(C)C)cc2)cc1)c1ccc(OCc2c(-c3c(Cl)cccc3Cl)noc2C2CC2)nc1C(F)(F)F. The van der Waals surface area contributed by atoms with Crippen molar-refractivity contribution in [2.45, 2.75) is 69.2 Å². The Labute approximate surface area is 315 Å². The van der Waals surface area contributed by atoms with Gasteiger partial charge in [0.2, 0.25) is 5.88 Å². The number of hydrogen-bond donors (Lipinski definition) is 1. The van der Waals surface area contributed by atoms with Gasteiger partial charge in [0.25, 0.3) is 15.9 Å². The summed E-state index contributed by atoms with van der Waals surface area (Å²) in [4.78, 5) is 18.0. The predicted molar refractivity (Wildman–Crippen MR) is 196 cm³/mol. The number of benzene rings is 3. The Morgan fingerprint density at radius 3 is 2.19 bits per heavy atom. The molecule has 1 aliphatic carbocycles. The molecule has 278 valence electrons. The molecule has 1 saturated carbocycles. The van der Waals surface area contributed by atoms with Crippen LogP contribution in [-0.2, 0) is 34.8 Å². The number of nitrogens with one attached hydrogen (secondary N) is 1. The summed E-state index contributed by atoms with van der Waals surface area (Å²) in [5, 5.41) is 4.86. The van der Waals surface area contributed by atoms with Crippen LogP contribution < -0.4 is 14.4 Å². The molecule has 5 aromatic rings.